The maximum atomic E-state index is 11.7. The van der Waals surface area contributed by atoms with Crippen molar-refractivity contribution in [2.75, 3.05) is 0 Å². The Labute approximate surface area is 117 Å². The van der Waals surface area contributed by atoms with E-state index in [1.807, 2.05) is 30.3 Å². The SMILES string of the molecule is C/C(=N/NC(=O)Cc1ccccc1)c1ccc(O)cc1. The van der Waals surface area contributed by atoms with E-state index in [1.54, 1.807) is 31.2 Å². The number of amides is 1. The van der Waals surface area contributed by atoms with Gasteiger partial charge in [0.2, 0.25) is 5.91 Å². The molecule has 2 aromatic carbocycles. The molecule has 0 aliphatic rings. The van der Waals surface area contributed by atoms with Crippen molar-refractivity contribution in [2.24, 2.45) is 5.10 Å². The smallest absolute Gasteiger partial charge is 0.244 e. The summed E-state index contributed by atoms with van der Waals surface area (Å²) in [7, 11) is 0. The minimum absolute atomic E-state index is 0.158. The number of phenols is 1. The summed E-state index contributed by atoms with van der Waals surface area (Å²) in [6.45, 7) is 1.80. The number of carbonyl (C=O) groups excluding carboxylic acids is 1. The molecule has 4 heteroatoms. The Morgan fingerprint density at radius 2 is 1.75 bits per heavy atom. The molecule has 0 heterocycles. The van der Waals surface area contributed by atoms with E-state index in [0.29, 0.717) is 12.1 Å². The number of hydrogen-bond acceptors (Lipinski definition) is 3. The summed E-state index contributed by atoms with van der Waals surface area (Å²) in [6.07, 6.45) is 0.299. The van der Waals surface area contributed by atoms with Crippen molar-refractivity contribution >= 4 is 11.6 Å². The van der Waals surface area contributed by atoms with Gasteiger partial charge in [0.15, 0.2) is 0 Å². The Balaban J connectivity index is 1.95. The standard InChI is InChI=1S/C16H16N2O2/c1-12(14-7-9-15(19)10-8-14)17-18-16(20)11-13-5-3-2-4-6-13/h2-10,19H,11H2,1H3,(H,18,20)/b17-12-. The Hall–Kier alpha value is -2.62. The minimum atomic E-state index is -0.158. The zero-order chi connectivity index (χ0) is 14.4. The van der Waals surface area contributed by atoms with Crippen LogP contribution in [0.25, 0.3) is 0 Å². The number of phenolic OH excluding ortho intramolecular Hbond substituents is 1. The van der Waals surface area contributed by atoms with Crippen LogP contribution in [0.4, 0.5) is 0 Å². The van der Waals surface area contributed by atoms with Crippen LogP contribution in [-0.4, -0.2) is 16.7 Å². The van der Waals surface area contributed by atoms with E-state index in [-0.39, 0.29) is 11.7 Å². The molecular formula is C16H16N2O2. The lowest BCUT2D eigenvalue weighted by Gasteiger charge is -2.03. The predicted octanol–water partition coefficient (Wildman–Crippen LogP) is 2.48. The van der Waals surface area contributed by atoms with Crippen LogP contribution in [0, 0.1) is 0 Å². The average Bonchev–Trinajstić information content (AvgIpc) is 2.46. The highest BCUT2D eigenvalue weighted by atomic mass is 16.3. The van der Waals surface area contributed by atoms with Gasteiger partial charge < -0.3 is 5.11 Å². The molecule has 0 radical (unpaired) electrons. The average molecular weight is 268 g/mol. The van der Waals surface area contributed by atoms with Gasteiger partial charge in [0.1, 0.15) is 5.75 Å². The molecule has 2 rings (SSSR count). The second kappa shape index (κ2) is 6.52. The molecule has 0 unspecified atom stereocenters. The largest absolute Gasteiger partial charge is 0.508 e. The second-order valence-electron chi connectivity index (χ2n) is 4.44. The summed E-state index contributed by atoms with van der Waals surface area (Å²) in [5.41, 5.74) is 5.01. The third kappa shape index (κ3) is 3.95. The molecular weight excluding hydrogens is 252 g/mol. The van der Waals surface area contributed by atoms with E-state index in [4.69, 9.17) is 0 Å². The quantitative estimate of drug-likeness (QED) is 0.661. The Kier molecular flexibility index (Phi) is 4.50. The third-order valence-corrected chi connectivity index (χ3v) is 2.84. The number of hydrogen-bond donors (Lipinski definition) is 2. The fourth-order valence-electron chi connectivity index (χ4n) is 1.73. The molecule has 2 N–H and O–H groups in total. The van der Waals surface area contributed by atoms with Gasteiger partial charge in [-0.2, -0.15) is 5.10 Å². The lowest BCUT2D eigenvalue weighted by Crippen LogP contribution is -2.21. The van der Waals surface area contributed by atoms with E-state index in [1.165, 1.54) is 0 Å². The lowest BCUT2D eigenvalue weighted by atomic mass is 10.1. The first-order valence-corrected chi connectivity index (χ1v) is 6.31. The van der Waals surface area contributed by atoms with Gasteiger partial charge in [0.05, 0.1) is 12.1 Å². The minimum Gasteiger partial charge on any atom is -0.508 e. The van der Waals surface area contributed by atoms with Crippen LogP contribution in [-0.2, 0) is 11.2 Å². The Bertz CT molecular complexity index is 604. The van der Waals surface area contributed by atoms with Crippen LogP contribution in [0.1, 0.15) is 18.1 Å². The molecule has 102 valence electrons. The van der Waals surface area contributed by atoms with Crippen molar-refractivity contribution in [2.45, 2.75) is 13.3 Å². The van der Waals surface area contributed by atoms with Crippen LogP contribution >= 0.6 is 0 Å². The van der Waals surface area contributed by atoms with E-state index in [9.17, 15) is 9.90 Å². The number of rotatable bonds is 4. The van der Waals surface area contributed by atoms with Crippen LogP contribution in [0.3, 0.4) is 0 Å². The number of nitrogens with zero attached hydrogens (tertiary/aromatic N) is 1. The van der Waals surface area contributed by atoms with Gasteiger partial charge in [-0.3, -0.25) is 4.79 Å². The molecule has 0 aromatic heterocycles. The molecule has 0 saturated carbocycles. The van der Waals surface area contributed by atoms with Crippen LogP contribution in [0.5, 0.6) is 5.75 Å². The molecule has 0 aliphatic heterocycles. The van der Waals surface area contributed by atoms with Gasteiger partial charge >= 0.3 is 0 Å². The normalized spacial score (nSPS) is 11.2. The van der Waals surface area contributed by atoms with Crippen molar-refractivity contribution in [3.63, 3.8) is 0 Å². The van der Waals surface area contributed by atoms with Crippen molar-refractivity contribution in [3.8, 4) is 5.75 Å². The van der Waals surface area contributed by atoms with E-state index in [0.717, 1.165) is 11.1 Å². The van der Waals surface area contributed by atoms with Gasteiger partial charge in [-0.15, -0.1) is 0 Å². The topological polar surface area (TPSA) is 61.7 Å². The predicted molar refractivity (Wildman–Crippen MR) is 78.6 cm³/mol. The Morgan fingerprint density at radius 3 is 2.40 bits per heavy atom. The van der Waals surface area contributed by atoms with Gasteiger partial charge in [0, 0.05) is 0 Å². The summed E-state index contributed by atoms with van der Waals surface area (Å²) < 4.78 is 0. The van der Waals surface area contributed by atoms with E-state index < -0.39 is 0 Å². The first kappa shape index (κ1) is 13.8. The molecule has 0 spiro atoms. The van der Waals surface area contributed by atoms with Crippen molar-refractivity contribution in [1.82, 2.24) is 5.43 Å². The fraction of sp³-hybridized carbons (Fsp3) is 0.125. The highest BCUT2D eigenvalue weighted by Crippen LogP contribution is 2.10. The van der Waals surface area contributed by atoms with Gasteiger partial charge in [-0.1, -0.05) is 30.3 Å². The summed E-state index contributed by atoms with van der Waals surface area (Å²) in [6, 6.07) is 16.2. The summed E-state index contributed by atoms with van der Waals surface area (Å²) in [5.74, 6) is 0.0454. The summed E-state index contributed by atoms with van der Waals surface area (Å²) in [4.78, 5) is 11.7. The van der Waals surface area contributed by atoms with Gasteiger partial charge in [-0.05, 0) is 42.3 Å². The molecule has 2 aromatic rings. The van der Waals surface area contributed by atoms with Crippen molar-refractivity contribution < 1.29 is 9.90 Å². The van der Waals surface area contributed by atoms with Crippen LogP contribution in [0.15, 0.2) is 59.7 Å². The summed E-state index contributed by atoms with van der Waals surface area (Å²) in [5, 5.41) is 13.3. The van der Waals surface area contributed by atoms with Crippen LogP contribution < -0.4 is 5.43 Å². The zero-order valence-corrected chi connectivity index (χ0v) is 11.2. The van der Waals surface area contributed by atoms with E-state index in [2.05, 4.69) is 10.5 Å². The van der Waals surface area contributed by atoms with Crippen molar-refractivity contribution in [3.05, 3.63) is 65.7 Å². The maximum absolute atomic E-state index is 11.7. The van der Waals surface area contributed by atoms with Gasteiger partial charge in [-0.25, -0.2) is 5.43 Å². The lowest BCUT2D eigenvalue weighted by molar-refractivity contribution is -0.120. The second-order valence-corrected chi connectivity index (χ2v) is 4.44. The number of benzene rings is 2. The molecule has 1 amide bonds. The molecule has 20 heavy (non-hydrogen) atoms. The van der Waals surface area contributed by atoms with Crippen molar-refractivity contribution in [1.29, 1.82) is 0 Å². The molecule has 0 atom stereocenters. The molecule has 0 aliphatic carbocycles. The third-order valence-electron chi connectivity index (χ3n) is 2.84. The maximum Gasteiger partial charge on any atom is 0.244 e. The monoisotopic (exact) mass is 268 g/mol. The molecule has 0 bridgehead atoms. The first-order valence-electron chi connectivity index (χ1n) is 6.31. The Morgan fingerprint density at radius 1 is 1.10 bits per heavy atom. The molecule has 4 nitrogen and oxygen atoms in total. The van der Waals surface area contributed by atoms with E-state index >= 15 is 0 Å². The highest BCUT2D eigenvalue weighted by Gasteiger charge is 2.02. The molecule has 0 saturated heterocycles. The fourth-order valence-corrected chi connectivity index (χ4v) is 1.73. The summed E-state index contributed by atoms with van der Waals surface area (Å²) >= 11 is 0. The number of carbonyl (C=O) groups is 1. The zero-order valence-electron chi connectivity index (χ0n) is 11.2. The highest BCUT2D eigenvalue weighted by molar-refractivity contribution is 5.99. The molecule has 0 fully saturated rings. The first-order chi connectivity index (χ1) is 9.65. The number of hydrazone groups is 1. The number of aromatic hydroxyl groups is 1. The van der Waals surface area contributed by atoms with Gasteiger partial charge in [0.25, 0.3) is 0 Å². The van der Waals surface area contributed by atoms with Crippen LogP contribution in [0.2, 0.25) is 0 Å². The number of nitrogens with one attached hydrogen (secondary N) is 1.